The lowest BCUT2D eigenvalue weighted by molar-refractivity contribution is 0.197. The molecule has 1 aliphatic heterocycles. The fourth-order valence-corrected chi connectivity index (χ4v) is 3.78. The second-order valence-electron chi connectivity index (χ2n) is 5.68. The number of imidazole rings is 1. The molecule has 0 N–H and O–H groups in total. The Balaban J connectivity index is 1.69. The summed E-state index contributed by atoms with van der Waals surface area (Å²) in [4.78, 5) is 12.0. The van der Waals surface area contributed by atoms with Gasteiger partial charge in [-0.25, -0.2) is 23.4 Å². The number of nitrogens with zero attached hydrogens (tertiary/aromatic N) is 5. The first-order valence-electron chi connectivity index (χ1n) is 7.44. The van der Waals surface area contributed by atoms with Crippen LogP contribution in [0.2, 0.25) is 0 Å². The Hall–Kier alpha value is -2.00. The van der Waals surface area contributed by atoms with Crippen molar-refractivity contribution in [3.8, 4) is 6.01 Å². The maximum absolute atomic E-state index is 12.6. The van der Waals surface area contributed by atoms with Gasteiger partial charge in [-0.3, -0.25) is 0 Å². The summed E-state index contributed by atoms with van der Waals surface area (Å²) < 4.78 is 34.1. The van der Waals surface area contributed by atoms with Crippen LogP contribution in [0.25, 0.3) is 0 Å². The molecule has 0 saturated carbocycles. The molecule has 9 heteroatoms. The summed E-state index contributed by atoms with van der Waals surface area (Å²) in [5, 5.41) is 0.0720. The standard InChI is InChI=1S/C14H19N5O3S/c1-11(2)18-9-13(17-10-18)23(20,21)19-7-4-12(8-19)22-14-15-5-3-6-16-14/h3,5-6,9-12H,4,7-8H2,1-2H3/t12-/m1/s1. The zero-order valence-electron chi connectivity index (χ0n) is 13.0. The van der Waals surface area contributed by atoms with Crippen LogP contribution in [0.15, 0.2) is 36.0 Å². The maximum atomic E-state index is 12.6. The third-order valence-electron chi connectivity index (χ3n) is 3.70. The number of sulfonamides is 1. The van der Waals surface area contributed by atoms with Crippen molar-refractivity contribution in [2.45, 2.75) is 37.4 Å². The fourth-order valence-electron chi connectivity index (χ4n) is 2.37. The quantitative estimate of drug-likeness (QED) is 0.811. The van der Waals surface area contributed by atoms with E-state index in [0.29, 0.717) is 13.0 Å². The van der Waals surface area contributed by atoms with E-state index in [1.54, 1.807) is 35.6 Å². The molecule has 0 unspecified atom stereocenters. The number of rotatable bonds is 5. The predicted molar refractivity (Wildman–Crippen MR) is 82.4 cm³/mol. The van der Waals surface area contributed by atoms with Gasteiger partial charge in [0.25, 0.3) is 10.0 Å². The van der Waals surface area contributed by atoms with Gasteiger partial charge in [0.1, 0.15) is 6.10 Å². The van der Waals surface area contributed by atoms with Crippen LogP contribution in [0.1, 0.15) is 26.3 Å². The molecular formula is C14H19N5O3S. The van der Waals surface area contributed by atoms with Gasteiger partial charge in [0.2, 0.25) is 0 Å². The monoisotopic (exact) mass is 337 g/mol. The van der Waals surface area contributed by atoms with Gasteiger partial charge in [-0.15, -0.1) is 0 Å². The average molecular weight is 337 g/mol. The molecule has 0 spiro atoms. The molecule has 1 aliphatic rings. The van der Waals surface area contributed by atoms with Gasteiger partial charge < -0.3 is 9.30 Å². The lowest BCUT2D eigenvalue weighted by Gasteiger charge is -2.15. The van der Waals surface area contributed by atoms with Gasteiger partial charge in [-0.1, -0.05) is 0 Å². The van der Waals surface area contributed by atoms with Crippen molar-refractivity contribution in [3.63, 3.8) is 0 Å². The molecular weight excluding hydrogens is 318 g/mol. The van der Waals surface area contributed by atoms with Crippen molar-refractivity contribution in [1.82, 2.24) is 23.8 Å². The number of aromatic nitrogens is 4. The summed E-state index contributed by atoms with van der Waals surface area (Å²) in [6, 6.07) is 2.13. The zero-order valence-corrected chi connectivity index (χ0v) is 13.8. The topological polar surface area (TPSA) is 90.2 Å². The Morgan fingerprint density at radius 3 is 2.65 bits per heavy atom. The highest BCUT2D eigenvalue weighted by Crippen LogP contribution is 2.22. The lowest BCUT2D eigenvalue weighted by Crippen LogP contribution is -2.31. The van der Waals surface area contributed by atoms with Gasteiger partial charge in [-0.05, 0) is 26.3 Å². The van der Waals surface area contributed by atoms with Crippen molar-refractivity contribution in [2.75, 3.05) is 13.1 Å². The van der Waals surface area contributed by atoms with Crippen LogP contribution in [0.3, 0.4) is 0 Å². The first kappa shape index (κ1) is 15.9. The number of ether oxygens (including phenoxy) is 1. The van der Waals surface area contributed by atoms with Crippen molar-refractivity contribution >= 4 is 10.0 Å². The molecule has 0 radical (unpaired) electrons. The van der Waals surface area contributed by atoms with Crippen LogP contribution >= 0.6 is 0 Å². The Bertz CT molecular complexity index is 760. The largest absolute Gasteiger partial charge is 0.459 e. The Labute approximate surface area is 135 Å². The van der Waals surface area contributed by atoms with E-state index in [0.717, 1.165) is 0 Å². The van der Waals surface area contributed by atoms with E-state index >= 15 is 0 Å². The minimum absolute atomic E-state index is 0.0720. The first-order chi connectivity index (χ1) is 11.0. The van der Waals surface area contributed by atoms with Gasteiger partial charge in [0.15, 0.2) is 5.03 Å². The molecule has 0 amide bonds. The SMILES string of the molecule is CC(C)n1cnc(S(=O)(=O)N2CC[C@@H](Oc3ncccn3)C2)c1. The molecule has 3 heterocycles. The van der Waals surface area contributed by atoms with E-state index in [2.05, 4.69) is 15.0 Å². The molecule has 1 fully saturated rings. The smallest absolute Gasteiger partial charge is 0.316 e. The van der Waals surface area contributed by atoms with E-state index in [-0.39, 0.29) is 29.7 Å². The van der Waals surface area contributed by atoms with Gasteiger partial charge in [-0.2, -0.15) is 4.31 Å². The molecule has 0 aromatic carbocycles. The van der Waals surface area contributed by atoms with Gasteiger partial charge in [0, 0.05) is 31.2 Å². The molecule has 1 saturated heterocycles. The van der Waals surface area contributed by atoms with Crippen molar-refractivity contribution < 1.29 is 13.2 Å². The van der Waals surface area contributed by atoms with Crippen LogP contribution in [0.5, 0.6) is 6.01 Å². The third-order valence-corrected chi connectivity index (χ3v) is 5.45. The normalized spacial score (nSPS) is 19.3. The fraction of sp³-hybridized carbons (Fsp3) is 0.500. The average Bonchev–Trinajstić information content (AvgIpc) is 3.18. The zero-order chi connectivity index (χ0) is 16.4. The van der Waals surface area contributed by atoms with E-state index < -0.39 is 10.0 Å². The Morgan fingerprint density at radius 2 is 2.00 bits per heavy atom. The summed E-state index contributed by atoms with van der Waals surface area (Å²) >= 11 is 0. The minimum Gasteiger partial charge on any atom is -0.459 e. The molecule has 8 nitrogen and oxygen atoms in total. The summed E-state index contributed by atoms with van der Waals surface area (Å²) in [7, 11) is -3.60. The summed E-state index contributed by atoms with van der Waals surface area (Å²) in [5.74, 6) is 0. The van der Waals surface area contributed by atoms with Gasteiger partial charge >= 0.3 is 6.01 Å². The molecule has 23 heavy (non-hydrogen) atoms. The third kappa shape index (κ3) is 3.35. The summed E-state index contributed by atoms with van der Waals surface area (Å²) in [6.07, 6.45) is 6.63. The van der Waals surface area contributed by atoms with E-state index in [9.17, 15) is 8.42 Å². The first-order valence-corrected chi connectivity index (χ1v) is 8.88. The second-order valence-corrected chi connectivity index (χ2v) is 7.56. The summed E-state index contributed by atoms with van der Waals surface area (Å²) in [5.41, 5.74) is 0. The molecule has 0 bridgehead atoms. The highest BCUT2D eigenvalue weighted by atomic mass is 32.2. The number of hydrogen-bond donors (Lipinski definition) is 0. The molecule has 3 rings (SSSR count). The van der Waals surface area contributed by atoms with Crippen LogP contribution in [0, 0.1) is 0 Å². The number of hydrogen-bond acceptors (Lipinski definition) is 6. The van der Waals surface area contributed by atoms with E-state index in [4.69, 9.17) is 4.74 Å². The van der Waals surface area contributed by atoms with Crippen LogP contribution in [-0.2, 0) is 10.0 Å². The molecule has 2 aromatic heterocycles. The minimum atomic E-state index is -3.60. The second kappa shape index (κ2) is 6.25. The molecule has 124 valence electrons. The van der Waals surface area contributed by atoms with Crippen molar-refractivity contribution in [1.29, 1.82) is 0 Å². The Kier molecular flexibility index (Phi) is 4.31. The van der Waals surface area contributed by atoms with Crippen molar-refractivity contribution in [2.24, 2.45) is 0 Å². The predicted octanol–water partition coefficient (Wildman–Crippen LogP) is 1.10. The molecule has 0 aliphatic carbocycles. The van der Waals surface area contributed by atoms with Crippen LogP contribution in [0.4, 0.5) is 0 Å². The Morgan fingerprint density at radius 1 is 1.26 bits per heavy atom. The molecule has 2 aromatic rings. The highest BCUT2D eigenvalue weighted by Gasteiger charge is 2.35. The van der Waals surface area contributed by atoms with E-state index in [1.807, 2.05) is 13.8 Å². The van der Waals surface area contributed by atoms with Crippen molar-refractivity contribution in [3.05, 3.63) is 31.0 Å². The maximum Gasteiger partial charge on any atom is 0.316 e. The lowest BCUT2D eigenvalue weighted by atomic mass is 10.3. The van der Waals surface area contributed by atoms with E-state index in [1.165, 1.54) is 4.31 Å². The summed E-state index contributed by atoms with van der Waals surface area (Å²) in [6.45, 7) is 4.61. The molecule has 1 atom stereocenters. The highest BCUT2D eigenvalue weighted by molar-refractivity contribution is 7.89. The van der Waals surface area contributed by atoms with Crippen LogP contribution < -0.4 is 4.74 Å². The van der Waals surface area contributed by atoms with Crippen LogP contribution in [-0.4, -0.2) is 51.4 Å². The van der Waals surface area contributed by atoms with Gasteiger partial charge in [0.05, 0.1) is 12.9 Å².